The molecule has 0 bridgehead atoms. The zero-order chi connectivity index (χ0) is 11.4. The highest BCUT2D eigenvalue weighted by atomic mass is 16.4. The van der Waals surface area contributed by atoms with E-state index in [9.17, 15) is 9.59 Å². The summed E-state index contributed by atoms with van der Waals surface area (Å²) < 4.78 is 0. The quantitative estimate of drug-likeness (QED) is 0.674. The predicted octanol–water partition coefficient (Wildman–Crippen LogP) is 0.579. The van der Waals surface area contributed by atoms with Gasteiger partial charge in [-0.25, -0.2) is 0 Å². The summed E-state index contributed by atoms with van der Waals surface area (Å²) >= 11 is 0. The maximum Gasteiger partial charge on any atom is 0.323 e. The topological polar surface area (TPSA) is 57.6 Å². The fourth-order valence-electron chi connectivity index (χ4n) is 1.57. The fourth-order valence-corrected chi connectivity index (χ4v) is 1.57. The highest BCUT2D eigenvalue weighted by Crippen LogP contribution is 2.37. The van der Waals surface area contributed by atoms with Gasteiger partial charge in [-0.3, -0.25) is 9.59 Å². The summed E-state index contributed by atoms with van der Waals surface area (Å²) in [4.78, 5) is 23.6. The van der Waals surface area contributed by atoms with Crippen LogP contribution in [0.2, 0.25) is 0 Å². The van der Waals surface area contributed by atoms with Crippen LogP contribution < -0.4 is 0 Å². The normalized spacial score (nSPS) is 16.5. The molecule has 4 heteroatoms. The van der Waals surface area contributed by atoms with Gasteiger partial charge in [-0.2, -0.15) is 0 Å². The number of hydrogen-bond donors (Lipinski definition) is 1. The lowest BCUT2D eigenvalue weighted by atomic mass is 10.1. The summed E-state index contributed by atoms with van der Waals surface area (Å²) in [5.41, 5.74) is 0. The van der Waals surface area contributed by atoms with E-state index in [1.165, 1.54) is 4.90 Å². The number of carbonyl (C=O) groups excluding carboxylic acids is 1. The first-order valence-corrected chi connectivity index (χ1v) is 5.00. The van der Waals surface area contributed by atoms with Crippen LogP contribution in [0.4, 0.5) is 0 Å². The molecule has 1 aliphatic carbocycles. The molecule has 0 spiro atoms. The Balaban J connectivity index is 2.57. The van der Waals surface area contributed by atoms with E-state index < -0.39 is 5.97 Å². The average molecular weight is 209 g/mol. The number of aliphatic carboxylic acids is 1. The maximum atomic E-state index is 11.8. The van der Waals surface area contributed by atoms with E-state index in [-0.39, 0.29) is 24.9 Å². The molecule has 0 radical (unpaired) electrons. The van der Waals surface area contributed by atoms with Crippen molar-refractivity contribution in [1.29, 1.82) is 0 Å². The van der Waals surface area contributed by atoms with Gasteiger partial charge in [0.2, 0.25) is 5.91 Å². The van der Waals surface area contributed by atoms with Gasteiger partial charge < -0.3 is 10.0 Å². The number of carbonyl (C=O) groups is 2. The van der Waals surface area contributed by atoms with E-state index in [0.29, 0.717) is 5.92 Å². The van der Waals surface area contributed by atoms with Gasteiger partial charge in [0.25, 0.3) is 0 Å². The molecule has 0 heterocycles. The van der Waals surface area contributed by atoms with Crippen LogP contribution >= 0.6 is 0 Å². The molecule has 1 saturated carbocycles. The van der Waals surface area contributed by atoms with Crippen molar-refractivity contribution in [3.8, 4) is 12.3 Å². The molecule has 1 N–H and O–H groups in total. The predicted molar refractivity (Wildman–Crippen MR) is 54.9 cm³/mol. The highest BCUT2D eigenvalue weighted by molar-refractivity contribution is 5.83. The van der Waals surface area contributed by atoms with Gasteiger partial charge in [0.15, 0.2) is 0 Å². The molecular weight excluding hydrogens is 194 g/mol. The number of hydrogen-bond acceptors (Lipinski definition) is 2. The zero-order valence-corrected chi connectivity index (χ0v) is 8.77. The minimum Gasteiger partial charge on any atom is -0.480 e. The van der Waals surface area contributed by atoms with Gasteiger partial charge in [-0.05, 0) is 18.8 Å². The summed E-state index contributed by atoms with van der Waals surface area (Å²) in [6.07, 6.45) is 7.22. The molecule has 0 saturated heterocycles. The van der Waals surface area contributed by atoms with Crippen LogP contribution in [0.3, 0.4) is 0 Å². The fraction of sp³-hybridized carbons (Fsp3) is 0.636. The van der Waals surface area contributed by atoms with E-state index in [4.69, 9.17) is 11.5 Å². The highest BCUT2D eigenvalue weighted by Gasteiger charge is 2.35. The number of carboxylic acid groups (broad SMARTS) is 1. The van der Waals surface area contributed by atoms with E-state index >= 15 is 0 Å². The molecule has 1 rings (SSSR count). The Labute approximate surface area is 89.3 Å². The third-order valence-electron chi connectivity index (χ3n) is 2.64. The van der Waals surface area contributed by atoms with Crippen molar-refractivity contribution in [2.24, 2.45) is 11.8 Å². The molecule has 1 atom stereocenters. The van der Waals surface area contributed by atoms with Gasteiger partial charge in [0.1, 0.15) is 6.54 Å². The lowest BCUT2D eigenvalue weighted by Gasteiger charge is -2.21. The number of nitrogens with zero attached hydrogens (tertiary/aromatic N) is 1. The summed E-state index contributed by atoms with van der Waals surface area (Å²) in [5, 5.41) is 8.63. The summed E-state index contributed by atoms with van der Waals surface area (Å²) in [7, 11) is 0. The minimum atomic E-state index is -1.03. The Morgan fingerprint density at radius 3 is 2.60 bits per heavy atom. The van der Waals surface area contributed by atoms with Crippen molar-refractivity contribution in [2.45, 2.75) is 19.8 Å². The molecule has 15 heavy (non-hydrogen) atoms. The van der Waals surface area contributed by atoms with Crippen molar-refractivity contribution in [2.75, 3.05) is 13.1 Å². The Morgan fingerprint density at radius 1 is 1.60 bits per heavy atom. The third-order valence-corrected chi connectivity index (χ3v) is 2.64. The van der Waals surface area contributed by atoms with E-state index in [1.54, 1.807) is 0 Å². The Bertz CT molecular complexity index is 301. The largest absolute Gasteiger partial charge is 0.480 e. The van der Waals surface area contributed by atoms with Crippen LogP contribution in [0, 0.1) is 24.2 Å². The lowest BCUT2D eigenvalue weighted by molar-refractivity contribution is -0.145. The second-order valence-corrected chi connectivity index (χ2v) is 3.92. The Hall–Kier alpha value is -1.50. The molecule has 0 aliphatic heterocycles. The number of carboxylic acids is 1. The number of amides is 1. The van der Waals surface area contributed by atoms with Gasteiger partial charge in [0, 0.05) is 5.92 Å². The van der Waals surface area contributed by atoms with E-state index in [0.717, 1.165) is 12.8 Å². The second-order valence-electron chi connectivity index (χ2n) is 3.92. The first-order valence-electron chi connectivity index (χ1n) is 5.00. The molecule has 4 nitrogen and oxygen atoms in total. The zero-order valence-electron chi connectivity index (χ0n) is 8.77. The standard InChI is InChI=1S/C11H15NO3/c1-3-6-12(7-10(13)14)11(15)8(2)9-4-5-9/h1,8-9H,4-7H2,2H3,(H,13,14). The van der Waals surface area contributed by atoms with Crippen LogP contribution in [0.25, 0.3) is 0 Å². The molecule has 0 aromatic carbocycles. The van der Waals surface area contributed by atoms with Crippen LogP contribution in [0.1, 0.15) is 19.8 Å². The van der Waals surface area contributed by atoms with Crippen LogP contribution in [0.5, 0.6) is 0 Å². The van der Waals surface area contributed by atoms with E-state index in [1.807, 2.05) is 6.92 Å². The summed E-state index contributed by atoms with van der Waals surface area (Å²) in [6.45, 7) is 1.60. The number of rotatable bonds is 5. The Morgan fingerprint density at radius 2 is 2.20 bits per heavy atom. The maximum absolute atomic E-state index is 11.8. The van der Waals surface area contributed by atoms with Gasteiger partial charge >= 0.3 is 5.97 Å². The molecule has 1 amide bonds. The number of terminal acetylenes is 1. The van der Waals surface area contributed by atoms with Crippen LogP contribution in [0.15, 0.2) is 0 Å². The smallest absolute Gasteiger partial charge is 0.323 e. The van der Waals surface area contributed by atoms with Gasteiger partial charge in [0.05, 0.1) is 6.54 Å². The summed E-state index contributed by atoms with van der Waals surface area (Å²) in [5.74, 6) is 1.47. The third kappa shape index (κ3) is 3.28. The van der Waals surface area contributed by atoms with Crippen molar-refractivity contribution in [1.82, 2.24) is 4.90 Å². The minimum absolute atomic E-state index is 0.0716. The molecular formula is C11H15NO3. The molecule has 1 unspecified atom stereocenters. The molecule has 1 fully saturated rings. The average Bonchev–Trinajstić information content (AvgIpc) is 2.97. The first kappa shape index (κ1) is 11.6. The van der Waals surface area contributed by atoms with Gasteiger partial charge in [-0.15, -0.1) is 6.42 Å². The van der Waals surface area contributed by atoms with Crippen LogP contribution in [-0.2, 0) is 9.59 Å². The first-order chi connectivity index (χ1) is 7.06. The van der Waals surface area contributed by atoms with Crippen molar-refractivity contribution < 1.29 is 14.7 Å². The van der Waals surface area contributed by atoms with Crippen molar-refractivity contribution in [3.63, 3.8) is 0 Å². The van der Waals surface area contributed by atoms with Crippen LogP contribution in [-0.4, -0.2) is 35.0 Å². The molecule has 1 aliphatic rings. The van der Waals surface area contributed by atoms with Gasteiger partial charge in [-0.1, -0.05) is 12.8 Å². The second kappa shape index (κ2) is 4.83. The summed E-state index contributed by atoms with van der Waals surface area (Å²) in [6, 6.07) is 0. The Kier molecular flexibility index (Phi) is 3.73. The lowest BCUT2D eigenvalue weighted by Crippen LogP contribution is -2.39. The van der Waals surface area contributed by atoms with Crippen molar-refractivity contribution in [3.05, 3.63) is 0 Å². The van der Waals surface area contributed by atoms with Crippen molar-refractivity contribution >= 4 is 11.9 Å². The monoisotopic (exact) mass is 209 g/mol. The SMILES string of the molecule is C#CCN(CC(=O)O)C(=O)C(C)C1CC1. The molecule has 0 aromatic heterocycles. The van der Waals surface area contributed by atoms with E-state index in [2.05, 4.69) is 5.92 Å². The molecule has 0 aromatic rings. The molecule has 82 valence electrons.